The molecule has 6 nitrogen and oxygen atoms in total. The quantitative estimate of drug-likeness (QED) is 0.474. The molecule has 1 amide bonds. The number of amides is 1. The van der Waals surface area contributed by atoms with Gasteiger partial charge in [0.25, 0.3) is 5.91 Å². The summed E-state index contributed by atoms with van der Waals surface area (Å²) in [6.45, 7) is 0. The van der Waals surface area contributed by atoms with Gasteiger partial charge in [-0.1, -0.05) is 40.2 Å². The van der Waals surface area contributed by atoms with E-state index in [1.165, 1.54) is 12.1 Å². The number of hydrogen-bond donors (Lipinski definition) is 2. The van der Waals surface area contributed by atoms with Crippen molar-refractivity contribution in [2.75, 3.05) is 0 Å². The smallest absolute Gasteiger partial charge is 0.270 e. The number of halogens is 2. The summed E-state index contributed by atoms with van der Waals surface area (Å²) in [6.07, 6.45) is 3.41. The van der Waals surface area contributed by atoms with E-state index in [2.05, 4.69) is 36.4 Å². The molecule has 8 heteroatoms. The predicted octanol–water partition coefficient (Wildman–Crippen LogP) is 4.23. The van der Waals surface area contributed by atoms with E-state index >= 15 is 0 Å². The fourth-order valence-electron chi connectivity index (χ4n) is 3.05. The van der Waals surface area contributed by atoms with Crippen molar-refractivity contribution < 1.29 is 9.18 Å². The second-order valence-electron chi connectivity index (χ2n) is 6.53. The molecule has 0 saturated carbocycles. The maximum Gasteiger partial charge on any atom is 0.270 e. The van der Waals surface area contributed by atoms with Crippen LogP contribution in [0, 0.1) is 5.82 Å². The highest BCUT2D eigenvalue weighted by atomic mass is 79.9. The van der Waals surface area contributed by atoms with Crippen LogP contribution in [0.3, 0.4) is 0 Å². The molecule has 0 fully saturated rings. The van der Waals surface area contributed by atoms with E-state index in [0.717, 1.165) is 10.0 Å². The number of carbonyl (C=O) groups excluding carboxylic acids is 1. The molecular weight excluding hydrogens is 437 g/mol. The number of aromatic amines is 1. The Kier molecular flexibility index (Phi) is 5.26. The highest BCUT2D eigenvalue weighted by molar-refractivity contribution is 9.10. The monoisotopic (exact) mass is 453 g/mol. The summed E-state index contributed by atoms with van der Waals surface area (Å²) in [7, 11) is 1.82. The number of carbonyl (C=O) groups is 1. The third-order valence-corrected chi connectivity index (χ3v) is 5.07. The van der Waals surface area contributed by atoms with Crippen LogP contribution in [-0.2, 0) is 7.05 Å². The van der Waals surface area contributed by atoms with Crippen molar-refractivity contribution in [2.24, 2.45) is 7.05 Å². The van der Waals surface area contributed by atoms with Crippen LogP contribution < -0.4 is 5.32 Å². The van der Waals surface area contributed by atoms with Gasteiger partial charge in [-0.25, -0.2) is 9.37 Å². The van der Waals surface area contributed by atoms with Crippen LogP contribution >= 0.6 is 15.9 Å². The summed E-state index contributed by atoms with van der Waals surface area (Å²) < 4.78 is 16.5. The number of aryl methyl sites for hydroxylation is 1. The fraction of sp³-hybridized carbons (Fsp3) is 0.0952. The first-order chi connectivity index (χ1) is 14.0. The van der Waals surface area contributed by atoms with Gasteiger partial charge in [0.05, 0.1) is 5.69 Å². The second kappa shape index (κ2) is 8.00. The standard InChI is InChI=1S/C21H17BrFN5O/c1-28-10-9-24-20(28)19(14-3-2-4-16(23)11-14)25-21(29)18-12-17(26-27-18)13-5-7-15(22)8-6-13/h2-12,19H,1H3,(H,25,29)(H,26,27)/t19-/m1/s1. The molecule has 2 aromatic heterocycles. The lowest BCUT2D eigenvalue weighted by atomic mass is 10.1. The molecule has 1 atom stereocenters. The number of benzene rings is 2. The van der Waals surface area contributed by atoms with Gasteiger partial charge >= 0.3 is 0 Å². The van der Waals surface area contributed by atoms with Crippen molar-refractivity contribution in [1.82, 2.24) is 25.1 Å². The van der Waals surface area contributed by atoms with Gasteiger partial charge in [0.15, 0.2) is 0 Å². The largest absolute Gasteiger partial charge is 0.337 e. The van der Waals surface area contributed by atoms with Crippen LogP contribution in [0.5, 0.6) is 0 Å². The molecule has 146 valence electrons. The van der Waals surface area contributed by atoms with Crippen molar-refractivity contribution in [2.45, 2.75) is 6.04 Å². The Morgan fingerprint density at radius 2 is 2.00 bits per heavy atom. The maximum atomic E-state index is 13.8. The Morgan fingerprint density at radius 3 is 2.69 bits per heavy atom. The Balaban J connectivity index is 1.62. The Morgan fingerprint density at radius 1 is 1.21 bits per heavy atom. The minimum absolute atomic E-state index is 0.304. The van der Waals surface area contributed by atoms with Crippen LogP contribution in [0.1, 0.15) is 27.9 Å². The van der Waals surface area contributed by atoms with Crippen LogP contribution in [0.4, 0.5) is 4.39 Å². The summed E-state index contributed by atoms with van der Waals surface area (Å²) in [4.78, 5) is 17.2. The van der Waals surface area contributed by atoms with Gasteiger partial charge in [-0.3, -0.25) is 9.89 Å². The number of aromatic nitrogens is 4. The lowest BCUT2D eigenvalue weighted by Crippen LogP contribution is -2.31. The van der Waals surface area contributed by atoms with E-state index in [9.17, 15) is 9.18 Å². The van der Waals surface area contributed by atoms with Crippen molar-refractivity contribution in [3.05, 3.63) is 94.4 Å². The molecule has 0 aliphatic carbocycles. The molecule has 0 spiro atoms. The average molecular weight is 454 g/mol. The molecular formula is C21H17BrFN5O. The van der Waals surface area contributed by atoms with E-state index in [4.69, 9.17) is 0 Å². The zero-order valence-corrected chi connectivity index (χ0v) is 17.0. The second-order valence-corrected chi connectivity index (χ2v) is 7.45. The number of nitrogens with one attached hydrogen (secondary N) is 2. The molecule has 4 aromatic rings. The molecule has 0 unspecified atom stereocenters. The predicted molar refractivity (Wildman–Crippen MR) is 111 cm³/mol. The fourth-order valence-corrected chi connectivity index (χ4v) is 3.32. The molecule has 0 aliphatic heterocycles. The minimum Gasteiger partial charge on any atom is -0.337 e. The molecule has 2 N–H and O–H groups in total. The van der Waals surface area contributed by atoms with Crippen molar-refractivity contribution in [1.29, 1.82) is 0 Å². The van der Waals surface area contributed by atoms with Crippen molar-refractivity contribution in [3.63, 3.8) is 0 Å². The minimum atomic E-state index is -0.613. The maximum absolute atomic E-state index is 13.8. The molecule has 0 saturated heterocycles. The Hall–Kier alpha value is -3.26. The first kappa shape index (κ1) is 19.1. The van der Waals surface area contributed by atoms with E-state index < -0.39 is 6.04 Å². The molecule has 0 aliphatic rings. The average Bonchev–Trinajstić information content (AvgIpc) is 3.36. The lowest BCUT2D eigenvalue weighted by Gasteiger charge is -2.18. The summed E-state index contributed by atoms with van der Waals surface area (Å²) in [5.74, 6) is -0.148. The molecule has 0 radical (unpaired) electrons. The van der Waals surface area contributed by atoms with Gasteiger partial charge in [0, 0.05) is 29.5 Å². The van der Waals surface area contributed by atoms with Crippen molar-refractivity contribution in [3.8, 4) is 11.3 Å². The van der Waals surface area contributed by atoms with Crippen LogP contribution in [0.15, 0.2) is 71.5 Å². The molecule has 0 bridgehead atoms. The third-order valence-electron chi connectivity index (χ3n) is 4.54. The van der Waals surface area contributed by atoms with E-state index in [-0.39, 0.29) is 11.7 Å². The first-order valence-electron chi connectivity index (χ1n) is 8.86. The summed E-state index contributed by atoms with van der Waals surface area (Å²) >= 11 is 3.40. The van der Waals surface area contributed by atoms with Gasteiger partial charge < -0.3 is 9.88 Å². The van der Waals surface area contributed by atoms with E-state index in [0.29, 0.717) is 22.8 Å². The van der Waals surface area contributed by atoms with Crippen LogP contribution in [-0.4, -0.2) is 25.7 Å². The van der Waals surface area contributed by atoms with Gasteiger partial charge in [-0.2, -0.15) is 5.10 Å². The Bertz CT molecular complexity index is 1150. The first-order valence-corrected chi connectivity index (χ1v) is 9.65. The normalized spacial score (nSPS) is 12.0. The number of imidazole rings is 1. The van der Waals surface area contributed by atoms with E-state index in [1.807, 2.05) is 31.3 Å². The lowest BCUT2D eigenvalue weighted by molar-refractivity contribution is 0.0936. The third kappa shape index (κ3) is 4.12. The summed E-state index contributed by atoms with van der Waals surface area (Å²) in [6, 6.07) is 14.8. The van der Waals surface area contributed by atoms with Gasteiger partial charge in [0.2, 0.25) is 0 Å². The van der Waals surface area contributed by atoms with Crippen LogP contribution in [0.25, 0.3) is 11.3 Å². The van der Waals surface area contributed by atoms with Crippen LogP contribution in [0.2, 0.25) is 0 Å². The number of hydrogen-bond acceptors (Lipinski definition) is 3. The van der Waals surface area contributed by atoms with E-state index in [1.54, 1.807) is 35.2 Å². The highest BCUT2D eigenvalue weighted by Gasteiger charge is 2.23. The zero-order valence-electron chi connectivity index (χ0n) is 15.4. The molecule has 4 rings (SSSR count). The van der Waals surface area contributed by atoms with Gasteiger partial charge in [0.1, 0.15) is 23.4 Å². The Labute approximate surface area is 174 Å². The molecule has 2 aromatic carbocycles. The molecule has 29 heavy (non-hydrogen) atoms. The zero-order chi connectivity index (χ0) is 20.4. The topological polar surface area (TPSA) is 75.6 Å². The van der Waals surface area contributed by atoms with Crippen molar-refractivity contribution >= 4 is 21.8 Å². The summed E-state index contributed by atoms with van der Waals surface area (Å²) in [5.41, 5.74) is 2.44. The number of rotatable bonds is 5. The summed E-state index contributed by atoms with van der Waals surface area (Å²) in [5, 5.41) is 9.93. The molecule has 2 heterocycles. The number of H-pyrrole nitrogens is 1. The number of nitrogens with zero attached hydrogens (tertiary/aromatic N) is 3. The highest BCUT2D eigenvalue weighted by Crippen LogP contribution is 2.23. The van der Waals surface area contributed by atoms with Gasteiger partial charge in [-0.15, -0.1) is 0 Å². The SMILES string of the molecule is Cn1ccnc1[C@H](NC(=O)c1cc(-c2ccc(Br)cc2)n[nH]1)c1cccc(F)c1. The van der Waals surface area contributed by atoms with Gasteiger partial charge in [-0.05, 0) is 35.9 Å².